The van der Waals surface area contributed by atoms with E-state index in [-0.39, 0.29) is 18.7 Å². The molecular weight excluding hydrogens is 265 g/mol. The number of carbonyl (C=O) groups is 1. The van der Waals surface area contributed by atoms with E-state index in [9.17, 15) is 19.3 Å². The Morgan fingerprint density at radius 2 is 2.20 bits per heavy atom. The highest BCUT2D eigenvalue weighted by atomic mass is 19.1. The first-order valence-electron chi connectivity index (χ1n) is 6.38. The second-order valence-corrected chi connectivity index (χ2v) is 4.54. The van der Waals surface area contributed by atoms with Gasteiger partial charge in [-0.2, -0.15) is 4.39 Å². The van der Waals surface area contributed by atoms with Crippen LogP contribution in [0.2, 0.25) is 0 Å². The fourth-order valence-electron chi connectivity index (χ4n) is 1.89. The summed E-state index contributed by atoms with van der Waals surface area (Å²) in [6, 6.07) is 4.02. The van der Waals surface area contributed by atoms with E-state index in [4.69, 9.17) is 5.73 Å². The maximum Gasteiger partial charge on any atom is 0.305 e. The highest BCUT2D eigenvalue weighted by Crippen LogP contribution is 2.21. The van der Waals surface area contributed by atoms with Gasteiger partial charge in [0.1, 0.15) is 0 Å². The Bertz CT molecular complexity index is 494. The number of halogens is 1. The molecule has 0 aliphatic heterocycles. The average Bonchev–Trinajstić information content (AvgIpc) is 2.37. The molecule has 0 aromatic heterocycles. The van der Waals surface area contributed by atoms with Crippen LogP contribution in [0.4, 0.5) is 10.1 Å². The molecule has 0 atom stereocenters. The van der Waals surface area contributed by atoms with Gasteiger partial charge in [0.15, 0.2) is 0 Å². The average molecular weight is 283 g/mol. The minimum absolute atomic E-state index is 0.00211. The van der Waals surface area contributed by atoms with E-state index in [1.807, 2.05) is 6.92 Å². The number of nitro benzene ring substituents is 1. The van der Waals surface area contributed by atoms with E-state index in [2.05, 4.69) is 0 Å². The largest absolute Gasteiger partial charge is 0.369 e. The second-order valence-electron chi connectivity index (χ2n) is 4.54. The van der Waals surface area contributed by atoms with Gasteiger partial charge < -0.3 is 5.73 Å². The molecular formula is C13H18FN3O3. The van der Waals surface area contributed by atoms with Crippen molar-refractivity contribution in [3.8, 4) is 0 Å². The van der Waals surface area contributed by atoms with Crippen LogP contribution >= 0.6 is 0 Å². The molecule has 0 saturated heterocycles. The smallest absolute Gasteiger partial charge is 0.305 e. The molecule has 0 unspecified atom stereocenters. The number of nitrogens with zero attached hydrogens (tertiary/aromatic N) is 2. The fourth-order valence-corrected chi connectivity index (χ4v) is 1.89. The first-order chi connectivity index (χ1) is 9.45. The van der Waals surface area contributed by atoms with Crippen LogP contribution in [-0.4, -0.2) is 28.8 Å². The van der Waals surface area contributed by atoms with Gasteiger partial charge in [0.2, 0.25) is 11.7 Å². The van der Waals surface area contributed by atoms with Crippen molar-refractivity contribution in [2.24, 2.45) is 5.73 Å². The molecule has 7 heteroatoms. The first kappa shape index (κ1) is 16.0. The lowest BCUT2D eigenvalue weighted by Crippen LogP contribution is -2.34. The zero-order valence-corrected chi connectivity index (χ0v) is 11.3. The molecule has 0 heterocycles. The summed E-state index contributed by atoms with van der Waals surface area (Å²) in [6.07, 6.45) is 1.76. The molecule has 0 aliphatic carbocycles. The number of amides is 1. The molecule has 0 fully saturated rings. The van der Waals surface area contributed by atoms with Gasteiger partial charge in [-0.05, 0) is 13.0 Å². The molecule has 20 heavy (non-hydrogen) atoms. The van der Waals surface area contributed by atoms with Gasteiger partial charge in [0.05, 0.1) is 11.5 Å². The summed E-state index contributed by atoms with van der Waals surface area (Å²) in [7, 11) is 0. The minimum Gasteiger partial charge on any atom is -0.369 e. The van der Waals surface area contributed by atoms with Crippen LogP contribution in [0.5, 0.6) is 0 Å². The molecule has 1 amide bonds. The van der Waals surface area contributed by atoms with Crippen molar-refractivity contribution in [2.75, 3.05) is 13.1 Å². The topological polar surface area (TPSA) is 89.5 Å². The Balaban J connectivity index is 2.89. The van der Waals surface area contributed by atoms with Gasteiger partial charge >= 0.3 is 5.69 Å². The van der Waals surface area contributed by atoms with Crippen LogP contribution < -0.4 is 5.73 Å². The number of nitrogens with two attached hydrogens (primary N) is 1. The maximum atomic E-state index is 14.0. The Morgan fingerprint density at radius 3 is 2.75 bits per heavy atom. The lowest BCUT2D eigenvalue weighted by molar-refractivity contribution is -0.387. The van der Waals surface area contributed by atoms with Crippen molar-refractivity contribution < 1.29 is 14.1 Å². The summed E-state index contributed by atoms with van der Waals surface area (Å²) in [6.45, 7) is 2.70. The molecule has 0 bridgehead atoms. The Kier molecular flexibility index (Phi) is 6.05. The number of rotatable bonds is 8. The van der Waals surface area contributed by atoms with Gasteiger partial charge in [-0.1, -0.05) is 25.5 Å². The Hall–Kier alpha value is -2.02. The maximum absolute atomic E-state index is 14.0. The highest BCUT2D eigenvalue weighted by molar-refractivity contribution is 5.75. The zero-order chi connectivity index (χ0) is 15.1. The summed E-state index contributed by atoms with van der Waals surface area (Å²) in [4.78, 5) is 22.6. The number of benzene rings is 1. The summed E-state index contributed by atoms with van der Waals surface area (Å²) >= 11 is 0. The molecule has 1 aromatic rings. The Morgan fingerprint density at radius 1 is 1.50 bits per heavy atom. The third-order valence-electron chi connectivity index (χ3n) is 2.86. The normalized spacial score (nSPS) is 10.8. The van der Waals surface area contributed by atoms with Crippen molar-refractivity contribution >= 4 is 11.6 Å². The van der Waals surface area contributed by atoms with Crippen LogP contribution in [0.15, 0.2) is 18.2 Å². The van der Waals surface area contributed by atoms with Crippen molar-refractivity contribution in [3.63, 3.8) is 0 Å². The van der Waals surface area contributed by atoms with Crippen LogP contribution in [0.3, 0.4) is 0 Å². The van der Waals surface area contributed by atoms with E-state index in [1.165, 1.54) is 12.1 Å². The molecule has 6 nitrogen and oxygen atoms in total. The zero-order valence-electron chi connectivity index (χ0n) is 11.3. The van der Waals surface area contributed by atoms with E-state index in [1.54, 1.807) is 4.90 Å². The summed E-state index contributed by atoms with van der Waals surface area (Å²) < 4.78 is 14.0. The van der Waals surface area contributed by atoms with E-state index >= 15 is 0 Å². The van der Waals surface area contributed by atoms with Gasteiger partial charge in [-0.15, -0.1) is 0 Å². The lowest BCUT2D eigenvalue weighted by atomic mass is 10.1. The first-order valence-corrected chi connectivity index (χ1v) is 6.38. The van der Waals surface area contributed by atoms with Gasteiger partial charge in [0.25, 0.3) is 0 Å². The monoisotopic (exact) mass is 283 g/mol. The SMILES string of the molecule is CCCCN(CC(N)=O)Cc1cccc([N+](=O)[O-])c1F. The van der Waals surface area contributed by atoms with Crippen molar-refractivity contribution in [2.45, 2.75) is 26.3 Å². The van der Waals surface area contributed by atoms with Crippen LogP contribution in [0, 0.1) is 15.9 Å². The molecule has 0 saturated carbocycles. The molecule has 1 rings (SSSR count). The van der Waals surface area contributed by atoms with E-state index in [0.717, 1.165) is 18.9 Å². The van der Waals surface area contributed by atoms with Gasteiger partial charge in [0, 0.05) is 18.2 Å². The lowest BCUT2D eigenvalue weighted by Gasteiger charge is -2.20. The van der Waals surface area contributed by atoms with E-state index < -0.39 is 22.3 Å². The molecule has 1 aromatic carbocycles. The quantitative estimate of drug-likeness (QED) is 0.582. The summed E-state index contributed by atoms with van der Waals surface area (Å²) in [5.74, 6) is -1.37. The van der Waals surface area contributed by atoms with Crippen molar-refractivity contribution in [1.82, 2.24) is 4.90 Å². The van der Waals surface area contributed by atoms with Crippen LogP contribution in [-0.2, 0) is 11.3 Å². The molecule has 110 valence electrons. The summed E-state index contributed by atoms with van der Waals surface area (Å²) in [5.41, 5.74) is 4.79. The number of carbonyl (C=O) groups excluding carboxylic acids is 1. The molecule has 0 spiro atoms. The van der Waals surface area contributed by atoms with Crippen molar-refractivity contribution in [3.05, 3.63) is 39.7 Å². The fraction of sp³-hybridized carbons (Fsp3) is 0.462. The molecule has 0 aliphatic rings. The number of hydrogen-bond acceptors (Lipinski definition) is 4. The number of unbranched alkanes of at least 4 members (excludes halogenated alkanes) is 1. The molecule has 2 N–H and O–H groups in total. The van der Waals surface area contributed by atoms with E-state index in [0.29, 0.717) is 6.54 Å². The third kappa shape index (κ3) is 4.58. The van der Waals surface area contributed by atoms with Crippen molar-refractivity contribution in [1.29, 1.82) is 0 Å². The number of nitro groups is 1. The molecule has 0 radical (unpaired) electrons. The Labute approximate surface area is 116 Å². The number of hydrogen-bond donors (Lipinski definition) is 1. The third-order valence-corrected chi connectivity index (χ3v) is 2.86. The minimum atomic E-state index is -0.858. The highest BCUT2D eigenvalue weighted by Gasteiger charge is 2.19. The van der Waals surface area contributed by atoms with Gasteiger partial charge in [-0.3, -0.25) is 19.8 Å². The summed E-state index contributed by atoms with van der Waals surface area (Å²) in [5, 5.41) is 10.7. The predicted molar refractivity (Wildman–Crippen MR) is 72.4 cm³/mol. The van der Waals surface area contributed by atoms with Crippen LogP contribution in [0.25, 0.3) is 0 Å². The van der Waals surface area contributed by atoms with Gasteiger partial charge in [-0.25, -0.2) is 0 Å². The standard InChI is InChI=1S/C13H18FN3O3/c1-2-3-7-16(9-12(15)18)8-10-5-4-6-11(13(10)14)17(19)20/h4-6H,2-3,7-9H2,1H3,(H2,15,18). The second kappa shape index (κ2) is 7.54. The predicted octanol–water partition coefficient (Wildman–Crippen LogP) is 1.82. The van der Waals surface area contributed by atoms with Crippen LogP contribution in [0.1, 0.15) is 25.3 Å². The number of primary amides is 1.